The van der Waals surface area contributed by atoms with E-state index in [0.29, 0.717) is 23.5 Å². The number of nitrogens with one attached hydrogen (secondary N) is 2. The second-order valence-corrected chi connectivity index (χ2v) is 7.56. The number of carbonyl (C=O) groups excluding carboxylic acids is 1. The topological polar surface area (TPSA) is 106 Å². The van der Waals surface area contributed by atoms with Crippen LogP contribution >= 0.6 is 0 Å². The van der Waals surface area contributed by atoms with Crippen LogP contribution in [-0.4, -0.2) is 30.4 Å². The largest absolute Gasteiger partial charge is 0.331 e. The molecule has 2 N–H and O–H groups in total. The molecule has 162 valence electrons. The number of rotatable bonds is 7. The van der Waals surface area contributed by atoms with E-state index in [-0.39, 0.29) is 17.9 Å². The van der Waals surface area contributed by atoms with Crippen LogP contribution in [0.1, 0.15) is 29.1 Å². The first-order valence-electron chi connectivity index (χ1n) is 10.4. The maximum atomic E-state index is 12.5. The Kier molecular flexibility index (Phi) is 6.21. The summed E-state index contributed by atoms with van der Waals surface area (Å²) in [5.41, 5.74) is 3.54. The minimum Gasteiger partial charge on any atom is -0.331 e. The minimum atomic E-state index is -0.226. The fraction of sp³-hybridized carbons (Fsp3) is 0.208. The quantitative estimate of drug-likeness (QED) is 0.470. The molecule has 8 heteroatoms. The molecule has 3 aromatic heterocycles. The Hall–Kier alpha value is -4.07. The summed E-state index contributed by atoms with van der Waals surface area (Å²) in [5, 5.41) is 2.89. The van der Waals surface area contributed by atoms with Crippen LogP contribution in [0.15, 0.2) is 66.0 Å². The maximum Gasteiger partial charge on any atom is 0.254 e. The van der Waals surface area contributed by atoms with Crippen LogP contribution < -0.4 is 10.9 Å². The number of pyridine rings is 1. The number of hydrogen-bond acceptors (Lipinski definition) is 5. The smallest absolute Gasteiger partial charge is 0.254 e. The zero-order valence-corrected chi connectivity index (χ0v) is 18.0. The first-order valence-corrected chi connectivity index (χ1v) is 10.4. The van der Waals surface area contributed by atoms with Gasteiger partial charge in [0.2, 0.25) is 5.91 Å². The normalized spacial score (nSPS) is 10.8. The van der Waals surface area contributed by atoms with E-state index in [9.17, 15) is 9.59 Å². The molecule has 0 saturated carbocycles. The summed E-state index contributed by atoms with van der Waals surface area (Å²) < 4.78 is 2.06. The summed E-state index contributed by atoms with van der Waals surface area (Å²) in [5.74, 6) is 1.30. The number of anilines is 1. The van der Waals surface area contributed by atoms with Gasteiger partial charge in [-0.2, -0.15) is 0 Å². The van der Waals surface area contributed by atoms with Crippen LogP contribution in [0.2, 0.25) is 0 Å². The van der Waals surface area contributed by atoms with Gasteiger partial charge in [0.1, 0.15) is 11.6 Å². The molecule has 0 bridgehead atoms. The van der Waals surface area contributed by atoms with E-state index in [1.54, 1.807) is 37.6 Å². The Bertz CT molecular complexity index is 1280. The molecule has 0 atom stereocenters. The van der Waals surface area contributed by atoms with Crippen molar-refractivity contribution in [2.24, 2.45) is 0 Å². The average Bonchev–Trinajstić information content (AvgIpc) is 3.19. The van der Waals surface area contributed by atoms with Crippen molar-refractivity contribution in [2.45, 2.75) is 33.2 Å². The predicted molar refractivity (Wildman–Crippen MR) is 122 cm³/mol. The minimum absolute atomic E-state index is 0.153. The molecule has 0 spiro atoms. The van der Waals surface area contributed by atoms with Crippen molar-refractivity contribution < 1.29 is 4.79 Å². The highest BCUT2D eigenvalue weighted by atomic mass is 16.1. The molecule has 8 nitrogen and oxygen atoms in total. The maximum absolute atomic E-state index is 12.5. The van der Waals surface area contributed by atoms with Crippen molar-refractivity contribution in [3.8, 4) is 11.4 Å². The van der Waals surface area contributed by atoms with Crippen molar-refractivity contribution in [3.05, 3.63) is 94.2 Å². The van der Waals surface area contributed by atoms with E-state index in [2.05, 4.69) is 29.8 Å². The van der Waals surface area contributed by atoms with E-state index in [4.69, 9.17) is 0 Å². The molecule has 0 saturated heterocycles. The standard InChI is InChI=1S/C24H24N6O2/c1-16-21(24(32)29-23(27-16)19-9-11-25-12-10-19)7-8-22(31)28-20-5-3-18(4-6-20)15-30-14-13-26-17(30)2/h3-6,9-14H,7-8,15H2,1-2H3,(H,28,31)(H,27,29,32). The highest BCUT2D eigenvalue weighted by Gasteiger charge is 2.12. The van der Waals surface area contributed by atoms with Gasteiger partial charge < -0.3 is 14.9 Å². The molecule has 0 aliphatic heterocycles. The molecule has 0 aliphatic carbocycles. The monoisotopic (exact) mass is 428 g/mol. The highest BCUT2D eigenvalue weighted by Crippen LogP contribution is 2.15. The number of aryl methyl sites for hydroxylation is 2. The Balaban J connectivity index is 1.36. The summed E-state index contributed by atoms with van der Waals surface area (Å²) in [6.07, 6.45) is 7.51. The van der Waals surface area contributed by atoms with Gasteiger partial charge in [0, 0.05) is 60.3 Å². The fourth-order valence-corrected chi connectivity index (χ4v) is 3.47. The third kappa shape index (κ3) is 4.97. The van der Waals surface area contributed by atoms with Crippen LogP contribution in [0.25, 0.3) is 11.4 Å². The summed E-state index contributed by atoms with van der Waals surface area (Å²) >= 11 is 0. The summed E-state index contributed by atoms with van der Waals surface area (Å²) in [6.45, 7) is 4.47. The van der Waals surface area contributed by atoms with Crippen LogP contribution in [0.3, 0.4) is 0 Å². The van der Waals surface area contributed by atoms with Crippen molar-refractivity contribution in [1.29, 1.82) is 0 Å². The second kappa shape index (κ2) is 9.38. The van der Waals surface area contributed by atoms with Gasteiger partial charge in [-0.3, -0.25) is 14.6 Å². The number of aromatic amines is 1. The lowest BCUT2D eigenvalue weighted by Crippen LogP contribution is -2.20. The molecular weight excluding hydrogens is 404 g/mol. The number of H-pyrrole nitrogens is 1. The van der Waals surface area contributed by atoms with Crippen molar-refractivity contribution in [3.63, 3.8) is 0 Å². The van der Waals surface area contributed by atoms with Gasteiger partial charge in [0.25, 0.3) is 5.56 Å². The first kappa shape index (κ1) is 21.2. The van der Waals surface area contributed by atoms with E-state index in [1.165, 1.54) is 0 Å². The Morgan fingerprint density at radius 3 is 2.47 bits per heavy atom. The number of nitrogens with zero attached hydrogens (tertiary/aromatic N) is 4. The van der Waals surface area contributed by atoms with Gasteiger partial charge in [0.15, 0.2) is 0 Å². The molecule has 4 rings (SSSR count). The van der Waals surface area contributed by atoms with Crippen LogP contribution in [-0.2, 0) is 17.8 Å². The van der Waals surface area contributed by atoms with Gasteiger partial charge in [0.05, 0.1) is 0 Å². The lowest BCUT2D eigenvalue weighted by molar-refractivity contribution is -0.116. The summed E-state index contributed by atoms with van der Waals surface area (Å²) in [4.78, 5) is 40.5. The summed E-state index contributed by atoms with van der Waals surface area (Å²) in [7, 11) is 0. The van der Waals surface area contributed by atoms with Gasteiger partial charge in [-0.25, -0.2) is 9.97 Å². The Morgan fingerprint density at radius 2 is 1.81 bits per heavy atom. The third-order valence-corrected chi connectivity index (χ3v) is 5.29. The van der Waals surface area contributed by atoms with E-state index in [1.807, 2.05) is 37.4 Å². The number of aromatic nitrogens is 5. The molecular formula is C24H24N6O2. The lowest BCUT2D eigenvalue weighted by atomic mass is 10.1. The highest BCUT2D eigenvalue weighted by molar-refractivity contribution is 5.90. The van der Waals surface area contributed by atoms with Crippen molar-refractivity contribution >= 4 is 11.6 Å². The zero-order valence-electron chi connectivity index (χ0n) is 18.0. The van der Waals surface area contributed by atoms with Gasteiger partial charge in [-0.15, -0.1) is 0 Å². The number of benzene rings is 1. The van der Waals surface area contributed by atoms with E-state index in [0.717, 1.165) is 29.2 Å². The van der Waals surface area contributed by atoms with Gasteiger partial charge >= 0.3 is 0 Å². The van der Waals surface area contributed by atoms with Crippen LogP contribution in [0.5, 0.6) is 0 Å². The Labute approximate surface area is 185 Å². The molecule has 0 aliphatic rings. The number of imidazole rings is 1. The van der Waals surface area contributed by atoms with Crippen molar-refractivity contribution in [2.75, 3.05) is 5.32 Å². The van der Waals surface area contributed by atoms with E-state index >= 15 is 0 Å². The SMILES string of the molecule is Cc1nc(-c2ccncc2)[nH]c(=O)c1CCC(=O)Nc1ccc(Cn2ccnc2C)cc1. The first-order chi connectivity index (χ1) is 15.5. The fourth-order valence-electron chi connectivity index (χ4n) is 3.47. The van der Waals surface area contributed by atoms with Crippen LogP contribution in [0, 0.1) is 13.8 Å². The molecule has 1 aromatic carbocycles. The van der Waals surface area contributed by atoms with Crippen LogP contribution in [0.4, 0.5) is 5.69 Å². The molecule has 0 fully saturated rings. The van der Waals surface area contributed by atoms with E-state index < -0.39 is 0 Å². The molecule has 3 heterocycles. The van der Waals surface area contributed by atoms with Gasteiger partial charge in [-0.1, -0.05) is 12.1 Å². The zero-order chi connectivity index (χ0) is 22.5. The molecule has 0 radical (unpaired) electrons. The van der Waals surface area contributed by atoms with Crippen molar-refractivity contribution in [1.82, 2.24) is 24.5 Å². The third-order valence-electron chi connectivity index (χ3n) is 5.29. The molecule has 4 aromatic rings. The second-order valence-electron chi connectivity index (χ2n) is 7.56. The predicted octanol–water partition coefficient (Wildman–Crippen LogP) is 3.26. The molecule has 1 amide bonds. The average molecular weight is 428 g/mol. The molecule has 0 unspecified atom stereocenters. The molecule has 32 heavy (non-hydrogen) atoms. The van der Waals surface area contributed by atoms with Gasteiger partial charge in [-0.05, 0) is 50.1 Å². The summed E-state index contributed by atoms with van der Waals surface area (Å²) in [6, 6.07) is 11.3. The lowest BCUT2D eigenvalue weighted by Gasteiger charge is -2.09. The Morgan fingerprint density at radius 1 is 1.06 bits per heavy atom. The number of carbonyl (C=O) groups is 1. The number of amides is 1. The number of hydrogen-bond donors (Lipinski definition) is 2.